The highest BCUT2D eigenvalue weighted by atomic mass is 16.1. The molecule has 6 rings (SSSR count). The second kappa shape index (κ2) is 8.89. The maximum Gasteiger partial charge on any atom is 0.253 e. The molecule has 2 unspecified atom stereocenters. The van der Waals surface area contributed by atoms with Gasteiger partial charge < -0.3 is 4.98 Å². The van der Waals surface area contributed by atoms with Crippen molar-refractivity contribution < 1.29 is 0 Å². The van der Waals surface area contributed by atoms with Crippen molar-refractivity contribution >= 4 is 10.9 Å². The van der Waals surface area contributed by atoms with Gasteiger partial charge in [-0.05, 0) is 79.8 Å². The van der Waals surface area contributed by atoms with Gasteiger partial charge >= 0.3 is 0 Å². The Bertz CT molecular complexity index is 1240. The Morgan fingerprint density at radius 2 is 1.79 bits per heavy atom. The number of benzene rings is 1. The van der Waals surface area contributed by atoms with Gasteiger partial charge in [0, 0.05) is 42.1 Å². The van der Waals surface area contributed by atoms with Crippen molar-refractivity contribution in [1.29, 1.82) is 0 Å². The van der Waals surface area contributed by atoms with Crippen LogP contribution in [0.5, 0.6) is 0 Å². The van der Waals surface area contributed by atoms with Gasteiger partial charge in [-0.2, -0.15) is 0 Å². The normalized spacial score (nSPS) is 23.4. The van der Waals surface area contributed by atoms with Crippen LogP contribution >= 0.6 is 0 Å². The second-order valence-corrected chi connectivity index (χ2v) is 10.6. The smallest absolute Gasteiger partial charge is 0.253 e. The molecule has 2 atom stereocenters. The van der Waals surface area contributed by atoms with E-state index in [9.17, 15) is 4.79 Å². The lowest BCUT2D eigenvalue weighted by Gasteiger charge is -2.41. The molecule has 2 aliphatic heterocycles. The molecule has 2 aromatic heterocycles. The Labute approximate surface area is 200 Å². The molecule has 3 aromatic rings. The summed E-state index contributed by atoms with van der Waals surface area (Å²) in [6, 6.07) is 6.98. The number of H-pyrrole nitrogens is 1. The zero-order chi connectivity index (χ0) is 23.2. The standard InChI is InChI=1S/C26H35N7O/c1-17-13-18(2)21-15-22(26(34)27-23(21)14-17)24(32-12-11-31-10-6-9-20(31)16-32)25-28-29-30-33(25)19-7-4-3-5-8-19/h13-15,19-20,24H,3-12,16H2,1-2H3,(H,27,34). The summed E-state index contributed by atoms with van der Waals surface area (Å²) < 4.78 is 2.05. The summed E-state index contributed by atoms with van der Waals surface area (Å²) in [5, 5.41) is 14.3. The minimum absolute atomic E-state index is 0.0328. The third-order valence-corrected chi connectivity index (χ3v) is 8.30. The number of fused-ring (bicyclic) bond motifs is 2. The maximum atomic E-state index is 13.6. The topological polar surface area (TPSA) is 82.9 Å². The number of nitrogens with one attached hydrogen (secondary N) is 1. The average Bonchev–Trinajstić information content (AvgIpc) is 3.50. The van der Waals surface area contributed by atoms with Crippen molar-refractivity contribution in [2.24, 2.45) is 0 Å². The largest absolute Gasteiger partial charge is 0.322 e. The van der Waals surface area contributed by atoms with Gasteiger partial charge in [0.2, 0.25) is 0 Å². The van der Waals surface area contributed by atoms with E-state index in [1.54, 1.807) is 0 Å². The zero-order valence-corrected chi connectivity index (χ0v) is 20.3. The molecule has 1 aliphatic carbocycles. The number of rotatable bonds is 4. The Hall–Kier alpha value is -2.58. The Morgan fingerprint density at radius 3 is 2.65 bits per heavy atom. The Kier molecular flexibility index (Phi) is 5.73. The molecule has 3 fully saturated rings. The lowest BCUT2D eigenvalue weighted by molar-refractivity contribution is 0.0778. The van der Waals surface area contributed by atoms with Crippen LogP contribution in [-0.2, 0) is 0 Å². The summed E-state index contributed by atoms with van der Waals surface area (Å²) in [5.74, 6) is 0.827. The van der Waals surface area contributed by atoms with Crippen molar-refractivity contribution in [2.45, 2.75) is 76.9 Å². The minimum atomic E-state index is -0.242. The molecule has 1 N–H and O–H groups in total. The fraction of sp³-hybridized carbons (Fsp3) is 0.615. The molecule has 8 nitrogen and oxygen atoms in total. The third-order valence-electron chi connectivity index (χ3n) is 8.30. The van der Waals surface area contributed by atoms with Crippen LogP contribution in [0.2, 0.25) is 0 Å². The highest BCUT2D eigenvalue weighted by Gasteiger charge is 2.38. The second-order valence-electron chi connectivity index (χ2n) is 10.6. The molecule has 2 saturated heterocycles. The minimum Gasteiger partial charge on any atom is -0.322 e. The molecule has 0 spiro atoms. The van der Waals surface area contributed by atoms with Crippen molar-refractivity contribution in [1.82, 2.24) is 35.0 Å². The van der Waals surface area contributed by atoms with E-state index >= 15 is 0 Å². The van der Waals surface area contributed by atoms with Gasteiger partial charge in [-0.15, -0.1) is 5.10 Å². The van der Waals surface area contributed by atoms with Crippen molar-refractivity contribution in [3.63, 3.8) is 0 Å². The number of hydrogen-bond acceptors (Lipinski definition) is 6. The molecular weight excluding hydrogens is 426 g/mol. The number of nitrogens with zero attached hydrogens (tertiary/aromatic N) is 6. The molecule has 0 radical (unpaired) electrons. The summed E-state index contributed by atoms with van der Waals surface area (Å²) in [7, 11) is 0. The van der Waals surface area contributed by atoms with E-state index in [0.717, 1.165) is 60.3 Å². The summed E-state index contributed by atoms with van der Waals surface area (Å²) >= 11 is 0. The number of pyridine rings is 1. The molecule has 34 heavy (non-hydrogen) atoms. The summed E-state index contributed by atoms with van der Waals surface area (Å²) in [4.78, 5) is 21.9. The lowest BCUT2D eigenvalue weighted by Crippen LogP contribution is -2.52. The SMILES string of the molecule is Cc1cc(C)c2cc(C(c3nnnn3C3CCCCC3)N3CCN4CCCC4C3)c(=O)[nH]c2c1. The van der Waals surface area contributed by atoms with Crippen LogP contribution in [0.3, 0.4) is 0 Å². The summed E-state index contributed by atoms with van der Waals surface area (Å²) in [6.45, 7) is 8.29. The van der Waals surface area contributed by atoms with Crippen LogP contribution in [0.4, 0.5) is 0 Å². The number of aryl methyl sites for hydroxylation is 2. The van der Waals surface area contributed by atoms with Gasteiger partial charge in [0.1, 0.15) is 6.04 Å². The Morgan fingerprint density at radius 1 is 0.971 bits per heavy atom. The maximum absolute atomic E-state index is 13.6. The monoisotopic (exact) mass is 461 g/mol. The van der Waals surface area contributed by atoms with Gasteiger partial charge in [0.25, 0.3) is 5.56 Å². The van der Waals surface area contributed by atoms with Crippen LogP contribution in [0.25, 0.3) is 10.9 Å². The number of aromatic nitrogens is 5. The van der Waals surface area contributed by atoms with Crippen LogP contribution in [-0.4, -0.2) is 67.2 Å². The number of tetrazole rings is 1. The number of hydrogen-bond donors (Lipinski definition) is 1. The first-order valence-electron chi connectivity index (χ1n) is 13.0. The summed E-state index contributed by atoms with van der Waals surface area (Å²) in [5.41, 5.74) is 3.96. The molecule has 180 valence electrons. The van der Waals surface area contributed by atoms with E-state index in [1.165, 1.54) is 44.2 Å². The molecule has 0 amide bonds. The molecule has 4 heterocycles. The van der Waals surface area contributed by atoms with Crippen molar-refractivity contribution in [2.75, 3.05) is 26.2 Å². The Balaban J connectivity index is 1.48. The van der Waals surface area contributed by atoms with Gasteiger partial charge in [-0.3, -0.25) is 14.6 Å². The van der Waals surface area contributed by atoms with Crippen molar-refractivity contribution in [3.05, 3.63) is 51.1 Å². The van der Waals surface area contributed by atoms with Gasteiger partial charge in [0.15, 0.2) is 5.82 Å². The highest BCUT2D eigenvalue weighted by Crippen LogP contribution is 2.35. The van der Waals surface area contributed by atoms with E-state index in [0.29, 0.717) is 12.1 Å². The van der Waals surface area contributed by atoms with Crippen molar-refractivity contribution in [3.8, 4) is 0 Å². The van der Waals surface area contributed by atoms with Crippen LogP contribution in [0.15, 0.2) is 23.0 Å². The highest BCUT2D eigenvalue weighted by molar-refractivity contribution is 5.83. The van der Waals surface area contributed by atoms with Crippen LogP contribution < -0.4 is 5.56 Å². The fourth-order valence-electron chi connectivity index (χ4n) is 6.61. The molecule has 0 bridgehead atoms. The first-order valence-corrected chi connectivity index (χ1v) is 13.0. The van der Waals surface area contributed by atoms with E-state index < -0.39 is 0 Å². The molecular formula is C26H35N7O. The van der Waals surface area contributed by atoms with E-state index in [-0.39, 0.29) is 11.6 Å². The number of aromatic amines is 1. The fourth-order valence-corrected chi connectivity index (χ4v) is 6.61. The van der Waals surface area contributed by atoms with Crippen LogP contribution in [0, 0.1) is 13.8 Å². The van der Waals surface area contributed by atoms with Crippen LogP contribution in [0.1, 0.15) is 79.5 Å². The average molecular weight is 462 g/mol. The predicted octanol–water partition coefficient (Wildman–Crippen LogP) is 3.51. The number of piperazine rings is 1. The molecule has 8 heteroatoms. The van der Waals surface area contributed by atoms with E-state index in [1.807, 2.05) is 0 Å². The predicted molar refractivity (Wildman–Crippen MR) is 132 cm³/mol. The zero-order valence-electron chi connectivity index (χ0n) is 20.3. The first-order chi connectivity index (χ1) is 16.6. The van der Waals surface area contributed by atoms with Gasteiger partial charge in [0.05, 0.1) is 6.04 Å². The lowest BCUT2D eigenvalue weighted by atomic mass is 9.94. The molecule has 1 aromatic carbocycles. The first kappa shape index (κ1) is 21.9. The quantitative estimate of drug-likeness (QED) is 0.640. The van der Waals surface area contributed by atoms with Gasteiger partial charge in [-0.25, -0.2) is 4.68 Å². The molecule has 3 aliphatic rings. The molecule has 1 saturated carbocycles. The third kappa shape index (κ3) is 3.86. The van der Waals surface area contributed by atoms with Gasteiger partial charge in [-0.1, -0.05) is 25.3 Å². The summed E-state index contributed by atoms with van der Waals surface area (Å²) in [6.07, 6.45) is 8.40. The van der Waals surface area contributed by atoms with E-state index in [2.05, 4.69) is 67.0 Å². The van der Waals surface area contributed by atoms with E-state index in [4.69, 9.17) is 0 Å².